The van der Waals surface area contributed by atoms with Crippen LogP contribution in [0, 0.1) is 5.82 Å². The standard InChI is InChI=1S/C18H17ClFN5O3S/c1-3-28-12-7-22-6-11(24-12)16-15(25-18(29-16)17(21)26)9(8-27-2)14-13(20)10(19)4-5-23-14/h4-7,9H,3,8H2,1-2H3,(H2,21,26). The highest BCUT2D eigenvalue weighted by molar-refractivity contribution is 7.17. The minimum Gasteiger partial charge on any atom is -0.477 e. The van der Waals surface area contributed by atoms with E-state index in [1.807, 2.05) is 6.92 Å². The van der Waals surface area contributed by atoms with Gasteiger partial charge in [0.2, 0.25) is 5.88 Å². The first-order valence-corrected chi connectivity index (χ1v) is 9.70. The van der Waals surface area contributed by atoms with Crippen molar-refractivity contribution >= 4 is 28.8 Å². The van der Waals surface area contributed by atoms with E-state index in [1.165, 1.54) is 31.8 Å². The lowest BCUT2D eigenvalue weighted by Gasteiger charge is -2.16. The van der Waals surface area contributed by atoms with E-state index in [1.54, 1.807) is 0 Å². The lowest BCUT2D eigenvalue weighted by molar-refractivity contribution is 0.0999. The van der Waals surface area contributed by atoms with E-state index >= 15 is 0 Å². The predicted octanol–water partition coefficient (Wildman–Crippen LogP) is 3.06. The van der Waals surface area contributed by atoms with Crippen molar-refractivity contribution < 1.29 is 18.7 Å². The van der Waals surface area contributed by atoms with Gasteiger partial charge in [0.25, 0.3) is 5.91 Å². The van der Waals surface area contributed by atoms with Crippen molar-refractivity contribution in [3.05, 3.63) is 51.9 Å². The van der Waals surface area contributed by atoms with Gasteiger partial charge in [0.15, 0.2) is 10.8 Å². The third-order valence-corrected chi connectivity index (χ3v) is 5.26. The third-order valence-electron chi connectivity index (χ3n) is 3.86. The number of carbonyl (C=O) groups excluding carboxylic acids is 1. The number of halogens is 2. The lowest BCUT2D eigenvalue weighted by Crippen LogP contribution is -2.15. The van der Waals surface area contributed by atoms with Gasteiger partial charge < -0.3 is 15.2 Å². The molecule has 0 saturated heterocycles. The summed E-state index contributed by atoms with van der Waals surface area (Å²) in [6.45, 7) is 2.27. The zero-order valence-electron chi connectivity index (χ0n) is 15.6. The molecule has 1 atom stereocenters. The summed E-state index contributed by atoms with van der Waals surface area (Å²) in [5, 5.41) is -0.0386. The summed E-state index contributed by atoms with van der Waals surface area (Å²) in [5.41, 5.74) is 6.20. The Balaban J connectivity index is 2.19. The first-order chi connectivity index (χ1) is 14.0. The van der Waals surface area contributed by atoms with Crippen LogP contribution in [0.25, 0.3) is 10.6 Å². The van der Waals surface area contributed by atoms with Crippen molar-refractivity contribution in [2.45, 2.75) is 12.8 Å². The van der Waals surface area contributed by atoms with E-state index in [-0.39, 0.29) is 22.3 Å². The summed E-state index contributed by atoms with van der Waals surface area (Å²) in [4.78, 5) is 29.2. The molecule has 0 fully saturated rings. The van der Waals surface area contributed by atoms with Crippen LogP contribution in [0.1, 0.15) is 34.0 Å². The normalized spacial score (nSPS) is 12.0. The van der Waals surface area contributed by atoms with Gasteiger partial charge in [-0.15, -0.1) is 11.3 Å². The molecule has 1 unspecified atom stereocenters. The molecule has 29 heavy (non-hydrogen) atoms. The van der Waals surface area contributed by atoms with Crippen LogP contribution in [0.2, 0.25) is 5.02 Å². The van der Waals surface area contributed by atoms with Crippen LogP contribution < -0.4 is 10.5 Å². The zero-order valence-corrected chi connectivity index (χ0v) is 17.1. The molecule has 0 spiro atoms. The highest BCUT2D eigenvalue weighted by Crippen LogP contribution is 2.38. The smallest absolute Gasteiger partial charge is 0.277 e. The van der Waals surface area contributed by atoms with Gasteiger partial charge in [-0.2, -0.15) is 0 Å². The lowest BCUT2D eigenvalue weighted by atomic mass is 9.99. The first kappa shape index (κ1) is 21.0. The molecule has 8 nitrogen and oxygen atoms in total. The topological polar surface area (TPSA) is 113 Å². The quantitative estimate of drug-likeness (QED) is 0.576. The molecule has 152 valence electrons. The molecule has 1 amide bonds. The zero-order chi connectivity index (χ0) is 21.0. The summed E-state index contributed by atoms with van der Waals surface area (Å²) >= 11 is 6.95. The van der Waals surface area contributed by atoms with Gasteiger partial charge in [-0.25, -0.2) is 14.4 Å². The van der Waals surface area contributed by atoms with Gasteiger partial charge in [-0.3, -0.25) is 14.8 Å². The van der Waals surface area contributed by atoms with Crippen molar-refractivity contribution in [3.63, 3.8) is 0 Å². The molecule has 0 saturated carbocycles. The highest BCUT2D eigenvalue weighted by atomic mass is 35.5. The van der Waals surface area contributed by atoms with Gasteiger partial charge >= 0.3 is 0 Å². The molecule has 2 N–H and O–H groups in total. The van der Waals surface area contributed by atoms with Crippen molar-refractivity contribution in [3.8, 4) is 16.5 Å². The molecule has 3 rings (SSSR count). The molecule has 3 aromatic heterocycles. The Morgan fingerprint density at radius 3 is 2.83 bits per heavy atom. The molecule has 0 aliphatic carbocycles. The maximum Gasteiger partial charge on any atom is 0.277 e. The van der Waals surface area contributed by atoms with Gasteiger partial charge in [0.05, 0.1) is 52.8 Å². The van der Waals surface area contributed by atoms with Crippen molar-refractivity contribution in [2.24, 2.45) is 5.73 Å². The van der Waals surface area contributed by atoms with E-state index in [0.29, 0.717) is 28.8 Å². The number of hydrogen-bond donors (Lipinski definition) is 1. The Morgan fingerprint density at radius 1 is 1.34 bits per heavy atom. The van der Waals surface area contributed by atoms with Crippen LogP contribution in [0.3, 0.4) is 0 Å². The molecule has 3 heterocycles. The molecule has 11 heteroatoms. The Labute approximate surface area is 174 Å². The molecule has 3 aromatic rings. The van der Waals surface area contributed by atoms with Gasteiger partial charge in [-0.1, -0.05) is 11.6 Å². The van der Waals surface area contributed by atoms with Crippen LogP contribution in [-0.4, -0.2) is 46.2 Å². The highest BCUT2D eigenvalue weighted by Gasteiger charge is 2.29. The molecule has 0 aromatic carbocycles. The van der Waals surface area contributed by atoms with Crippen molar-refractivity contribution in [2.75, 3.05) is 20.3 Å². The maximum absolute atomic E-state index is 14.7. The van der Waals surface area contributed by atoms with Gasteiger partial charge in [0.1, 0.15) is 5.69 Å². The number of pyridine rings is 1. The van der Waals surface area contributed by atoms with E-state index in [2.05, 4.69) is 19.9 Å². The van der Waals surface area contributed by atoms with Crippen LogP contribution in [0.15, 0.2) is 24.7 Å². The van der Waals surface area contributed by atoms with Crippen LogP contribution in [-0.2, 0) is 4.74 Å². The minimum absolute atomic E-state index is 0.0378. The molecule has 0 radical (unpaired) electrons. The van der Waals surface area contributed by atoms with E-state index < -0.39 is 17.6 Å². The number of rotatable bonds is 8. The van der Waals surface area contributed by atoms with Crippen LogP contribution >= 0.6 is 22.9 Å². The number of aromatic nitrogens is 4. The number of amides is 1. The number of nitrogens with zero attached hydrogens (tertiary/aromatic N) is 4. The molecule has 0 bridgehead atoms. The Bertz CT molecular complexity index is 1030. The number of carbonyl (C=O) groups is 1. The predicted molar refractivity (Wildman–Crippen MR) is 106 cm³/mol. The summed E-state index contributed by atoms with van der Waals surface area (Å²) in [7, 11) is 1.46. The fourth-order valence-corrected chi connectivity index (χ4v) is 3.75. The van der Waals surface area contributed by atoms with Crippen LogP contribution in [0.5, 0.6) is 5.88 Å². The van der Waals surface area contributed by atoms with Gasteiger partial charge in [0, 0.05) is 13.3 Å². The summed E-state index contributed by atoms with van der Waals surface area (Å²) in [5.74, 6) is -1.85. The van der Waals surface area contributed by atoms with E-state index in [4.69, 9.17) is 26.8 Å². The number of primary amides is 1. The summed E-state index contributed by atoms with van der Waals surface area (Å²) in [6, 6.07) is 1.35. The average molecular weight is 438 g/mol. The second-order valence-corrected chi connectivity index (χ2v) is 7.18. The summed E-state index contributed by atoms with van der Waals surface area (Å²) < 4.78 is 25.4. The SMILES string of the molecule is CCOc1cncc(-c2sc(C(N)=O)nc2C(COC)c2nccc(Cl)c2F)n1. The van der Waals surface area contributed by atoms with Gasteiger partial charge in [-0.05, 0) is 13.0 Å². The fourth-order valence-electron chi connectivity index (χ4n) is 2.66. The largest absolute Gasteiger partial charge is 0.477 e. The van der Waals surface area contributed by atoms with Crippen LogP contribution in [0.4, 0.5) is 4.39 Å². The van der Waals surface area contributed by atoms with Crippen molar-refractivity contribution in [1.29, 1.82) is 0 Å². The Hall–Kier alpha value is -2.69. The average Bonchev–Trinajstić information content (AvgIpc) is 3.15. The van der Waals surface area contributed by atoms with Crippen molar-refractivity contribution in [1.82, 2.24) is 19.9 Å². The monoisotopic (exact) mass is 437 g/mol. The third kappa shape index (κ3) is 4.50. The molecular formula is C18H17ClFN5O3S. The fraction of sp³-hybridized carbons (Fsp3) is 0.278. The maximum atomic E-state index is 14.7. The number of ether oxygens (including phenoxy) is 2. The second kappa shape index (κ2) is 9.21. The van der Waals surface area contributed by atoms with E-state index in [9.17, 15) is 9.18 Å². The summed E-state index contributed by atoms with van der Waals surface area (Å²) in [6.07, 6.45) is 4.35. The molecule has 0 aliphatic rings. The molecular weight excluding hydrogens is 421 g/mol. The first-order valence-electron chi connectivity index (χ1n) is 8.50. The number of methoxy groups -OCH3 is 1. The Kier molecular flexibility index (Phi) is 6.68. The molecule has 0 aliphatic heterocycles. The minimum atomic E-state index is -0.754. The van der Waals surface area contributed by atoms with E-state index in [0.717, 1.165) is 11.3 Å². The number of nitrogens with two attached hydrogens (primary N) is 1. The Morgan fingerprint density at radius 2 is 2.14 bits per heavy atom. The second-order valence-electron chi connectivity index (χ2n) is 5.77. The number of hydrogen-bond acceptors (Lipinski definition) is 8. The number of thiazole rings is 1.